The summed E-state index contributed by atoms with van der Waals surface area (Å²) < 4.78 is 73.9. The van der Waals surface area contributed by atoms with Crippen LogP contribution in [0.25, 0.3) is 11.1 Å². The number of hydrogen-bond acceptors (Lipinski definition) is 3. The van der Waals surface area contributed by atoms with Crippen LogP contribution in [0.4, 0.5) is 26.3 Å². The van der Waals surface area contributed by atoms with Gasteiger partial charge in [-0.3, -0.25) is 0 Å². The zero-order valence-corrected chi connectivity index (χ0v) is 45.9. The molecule has 4 aromatic carbocycles. The van der Waals surface area contributed by atoms with Gasteiger partial charge in [0.05, 0.1) is 0 Å². The third-order valence-electron chi connectivity index (χ3n) is 10.1. The molecular formula is C58H90F6O2S. The van der Waals surface area contributed by atoms with E-state index in [1.807, 2.05) is 12.5 Å². The van der Waals surface area contributed by atoms with Gasteiger partial charge in [0.1, 0.15) is 5.78 Å². The molecule has 0 N–H and O–H groups in total. The van der Waals surface area contributed by atoms with Crippen molar-refractivity contribution >= 4 is 17.5 Å². The van der Waals surface area contributed by atoms with Crippen LogP contribution in [0.3, 0.4) is 0 Å². The number of methoxy groups -OCH3 is 1. The number of carbonyl (C=O) groups excluding carboxylic acids is 1. The second kappa shape index (κ2) is 32.3. The highest BCUT2D eigenvalue weighted by molar-refractivity contribution is 7.97. The molecule has 6 rings (SSSR count). The van der Waals surface area contributed by atoms with Gasteiger partial charge in [0.25, 0.3) is 0 Å². The maximum atomic E-state index is 11.6. The van der Waals surface area contributed by atoms with Gasteiger partial charge in [0.2, 0.25) is 0 Å². The fourth-order valence-electron chi connectivity index (χ4n) is 6.22. The van der Waals surface area contributed by atoms with Crippen LogP contribution in [0.1, 0.15) is 172 Å². The first kappa shape index (κ1) is 67.7. The van der Waals surface area contributed by atoms with Gasteiger partial charge in [0, 0.05) is 25.0 Å². The Morgan fingerprint density at radius 1 is 0.552 bits per heavy atom. The van der Waals surface area contributed by atoms with Crippen molar-refractivity contribution in [3.05, 3.63) is 131 Å². The molecule has 2 nitrogen and oxygen atoms in total. The van der Waals surface area contributed by atoms with Gasteiger partial charge < -0.3 is 9.53 Å². The van der Waals surface area contributed by atoms with Crippen molar-refractivity contribution in [2.24, 2.45) is 16.2 Å². The summed E-state index contributed by atoms with van der Waals surface area (Å²) in [7, 11) is 3.25. The number of ether oxygens (including phenoxy) is 1. The first-order chi connectivity index (χ1) is 30.6. The SMILES string of the molecule is CC(C)(C(F)(F)F)C(F)(F)F.CC(C)(C)C.CC(C)(c1ccccc1)c1ccccc1.CC(C)=O.CC1(C)CCCCC1.CC1(C)c2ccccc2-c2ccccc21.CCC.COC.CSC. The molecule has 0 atom stereocenters. The predicted molar refractivity (Wildman–Crippen MR) is 282 cm³/mol. The smallest absolute Gasteiger partial charge is 0.388 e. The number of hydrogen-bond donors (Lipinski definition) is 0. The van der Waals surface area contributed by atoms with Gasteiger partial charge in [-0.05, 0) is 97.3 Å². The standard InChI is InChI=1S/C15H14.C15H16.C8H16.C5H6F6.C5H12.C3H6O.C3H8.C2H6O.C2H6S/c1-15(2)13-9-5-3-7-11(13)12-8-4-6-10-14(12)15;1-15(2,13-9-5-3-6-10-13)14-11-7-4-8-12-14;1-8(2)6-4-3-5-7-8;1-3(2,4(6,7)8)5(9,10)11;1-5(2,3)4;1-3(2)4;3*1-3-2/h3-10H,1-2H3;3-12H,1-2H3;3-7H2,1-2H3;1-2H3;1-4H3;1-2H3;3H2,1-2H3;2*1-2H3. The average molecular weight is 965 g/mol. The number of alkyl halides is 6. The summed E-state index contributed by atoms with van der Waals surface area (Å²) in [5, 5.41) is 0. The predicted octanol–water partition coefficient (Wildman–Crippen LogP) is 19.4. The zero-order chi connectivity index (χ0) is 52.9. The van der Waals surface area contributed by atoms with Crippen LogP contribution in [0.5, 0.6) is 0 Å². The van der Waals surface area contributed by atoms with Crippen LogP contribution < -0.4 is 0 Å². The fourth-order valence-corrected chi connectivity index (χ4v) is 6.22. The first-order valence-electron chi connectivity index (χ1n) is 23.3. The highest BCUT2D eigenvalue weighted by Crippen LogP contribution is 2.50. The van der Waals surface area contributed by atoms with E-state index >= 15 is 0 Å². The zero-order valence-electron chi connectivity index (χ0n) is 45.1. The molecule has 0 saturated heterocycles. The summed E-state index contributed by atoms with van der Waals surface area (Å²) in [6.45, 7) is 30.2. The van der Waals surface area contributed by atoms with E-state index in [2.05, 4.69) is 197 Å². The maximum Gasteiger partial charge on any atom is 0.402 e. The summed E-state index contributed by atoms with van der Waals surface area (Å²) >= 11 is 1.75. The van der Waals surface area contributed by atoms with Gasteiger partial charge in [0.15, 0.2) is 5.41 Å². The summed E-state index contributed by atoms with van der Waals surface area (Å²) in [4.78, 5) is 9.44. The van der Waals surface area contributed by atoms with Crippen molar-refractivity contribution < 1.29 is 35.9 Å². The molecule has 9 heteroatoms. The molecule has 0 spiro atoms. The Morgan fingerprint density at radius 3 is 1.00 bits per heavy atom. The second-order valence-electron chi connectivity index (χ2n) is 20.9. The first-order valence-corrected chi connectivity index (χ1v) is 25.0. The number of halogens is 6. The molecule has 2 aliphatic carbocycles. The molecule has 382 valence electrons. The number of benzene rings is 4. The van der Waals surface area contributed by atoms with Crippen molar-refractivity contribution in [3.63, 3.8) is 0 Å². The van der Waals surface area contributed by atoms with Crippen molar-refractivity contribution in [2.45, 2.75) is 172 Å². The number of rotatable bonds is 2. The van der Waals surface area contributed by atoms with E-state index in [0.717, 1.165) is 0 Å². The highest BCUT2D eigenvalue weighted by atomic mass is 32.2. The monoisotopic (exact) mass is 965 g/mol. The van der Waals surface area contributed by atoms with E-state index in [1.165, 1.54) is 85.8 Å². The molecule has 67 heavy (non-hydrogen) atoms. The lowest BCUT2D eigenvalue weighted by Crippen LogP contribution is -2.44. The van der Waals surface area contributed by atoms with E-state index in [9.17, 15) is 31.1 Å². The molecule has 1 saturated carbocycles. The van der Waals surface area contributed by atoms with Gasteiger partial charge in [-0.1, -0.05) is 218 Å². The van der Waals surface area contributed by atoms with Crippen molar-refractivity contribution in [1.29, 1.82) is 0 Å². The molecule has 0 heterocycles. The van der Waals surface area contributed by atoms with Crippen LogP contribution >= 0.6 is 11.8 Å². The van der Waals surface area contributed by atoms with E-state index in [0.29, 0.717) is 10.8 Å². The normalized spacial score (nSPS) is 14.0. The molecule has 0 aliphatic heterocycles. The molecule has 0 bridgehead atoms. The quantitative estimate of drug-likeness (QED) is 0.187. The maximum absolute atomic E-state index is 11.6. The molecule has 0 unspecified atom stereocenters. The van der Waals surface area contributed by atoms with Crippen molar-refractivity contribution in [3.8, 4) is 11.1 Å². The van der Waals surface area contributed by atoms with Gasteiger partial charge in [-0.25, -0.2) is 0 Å². The molecule has 4 aromatic rings. The largest absolute Gasteiger partial charge is 0.402 e. The van der Waals surface area contributed by atoms with Crippen LogP contribution in [0, 0.1) is 16.2 Å². The minimum absolute atomic E-state index is 0.0858. The van der Waals surface area contributed by atoms with Crippen LogP contribution in [0.2, 0.25) is 0 Å². The minimum Gasteiger partial charge on any atom is -0.388 e. The Hall–Kier alpha value is -3.56. The Labute approximate surface area is 409 Å². The number of thioether (sulfide) groups is 1. The lowest BCUT2D eigenvalue weighted by atomic mass is 9.78. The molecule has 0 amide bonds. The van der Waals surface area contributed by atoms with Crippen LogP contribution in [-0.2, 0) is 20.4 Å². The summed E-state index contributed by atoms with van der Waals surface area (Å²) in [6.07, 6.45) is 2.15. The van der Waals surface area contributed by atoms with Crippen LogP contribution in [0.15, 0.2) is 109 Å². The molecule has 0 radical (unpaired) electrons. The Morgan fingerprint density at radius 2 is 0.791 bits per heavy atom. The summed E-state index contributed by atoms with van der Waals surface area (Å²) in [5.41, 5.74) is 6.22. The van der Waals surface area contributed by atoms with Gasteiger partial charge >= 0.3 is 12.4 Å². The van der Waals surface area contributed by atoms with E-state index < -0.39 is 17.8 Å². The minimum atomic E-state index is -5.24. The van der Waals surface area contributed by atoms with E-state index in [4.69, 9.17) is 0 Å². The molecular weight excluding hydrogens is 875 g/mol. The topological polar surface area (TPSA) is 26.3 Å². The summed E-state index contributed by atoms with van der Waals surface area (Å²) in [6, 6.07) is 38.7. The number of ketones is 1. The van der Waals surface area contributed by atoms with Crippen molar-refractivity contribution in [2.75, 3.05) is 26.7 Å². The number of Topliss-reactive ketones (excluding diaryl/α,β-unsaturated/α-hetero) is 1. The van der Waals surface area contributed by atoms with Crippen LogP contribution in [-0.4, -0.2) is 44.9 Å². The van der Waals surface area contributed by atoms with Gasteiger partial charge in [-0.2, -0.15) is 38.1 Å². The number of carbonyl (C=O) groups is 1. The van der Waals surface area contributed by atoms with E-state index in [1.54, 1.807) is 26.0 Å². The lowest BCUT2D eigenvalue weighted by molar-refractivity contribution is -0.327. The van der Waals surface area contributed by atoms with Gasteiger partial charge in [-0.15, -0.1) is 0 Å². The Kier molecular flexibility index (Phi) is 32.6. The second-order valence-corrected chi connectivity index (χ2v) is 21.7. The Balaban J connectivity index is -0.000000739. The molecule has 0 aromatic heterocycles. The molecule has 2 aliphatic rings. The molecule has 1 fully saturated rings. The fraction of sp³-hybridized carbons (Fsp3) is 0.569. The van der Waals surface area contributed by atoms with E-state index in [-0.39, 0.29) is 30.5 Å². The highest BCUT2D eigenvalue weighted by Gasteiger charge is 2.64. The summed E-state index contributed by atoms with van der Waals surface area (Å²) in [5.74, 6) is 0.167. The average Bonchev–Trinajstić information content (AvgIpc) is 3.44. The third kappa shape index (κ3) is 27.9. The third-order valence-corrected chi connectivity index (χ3v) is 10.1. The number of fused-ring (bicyclic) bond motifs is 3. The lowest BCUT2D eigenvalue weighted by Gasteiger charge is -2.29. The Bertz CT molecular complexity index is 1730. The van der Waals surface area contributed by atoms with Crippen molar-refractivity contribution in [1.82, 2.24) is 0 Å².